The Hall–Kier alpha value is -0.900. The first kappa shape index (κ1) is 13.5. The third kappa shape index (κ3) is 3.31. The van der Waals surface area contributed by atoms with E-state index in [-0.39, 0.29) is 18.8 Å². The molecule has 0 bridgehead atoms. The predicted molar refractivity (Wildman–Crippen MR) is 72.1 cm³/mol. The lowest BCUT2D eigenvalue weighted by molar-refractivity contribution is 0.130. The van der Waals surface area contributed by atoms with Crippen LogP contribution in [0.1, 0.15) is 43.4 Å². The van der Waals surface area contributed by atoms with E-state index in [0.717, 1.165) is 31.4 Å². The number of nitrogens with one attached hydrogen (secondary N) is 1. The molecule has 18 heavy (non-hydrogen) atoms. The van der Waals surface area contributed by atoms with Gasteiger partial charge in [0.25, 0.3) is 0 Å². The highest BCUT2D eigenvalue weighted by atomic mass is 16.3. The fraction of sp³-hybridized carbons (Fsp3) is 0.600. The Morgan fingerprint density at radius 1 is 1.39 bits per heavy atom. The van der Waals surface area contributed by atoms with Crippen LogP contribution in [0.2, 0.25) is 0 Å². The molecule has 1 aromatic carbocycles. The number of benzene rings is 1. The summed E-state index contributed by atoms with van der Waals surface area (Å²) in [5.74, 6) is 0.397. The molecular weight excluding hydrogens is 226 g/mol. The first-order chi connectivity index (χ1) is 8.70. The fourth-order valence-electron chi connectivity index (χ4n) is 2.66. The zero-order chi connectivity index (χ0) is 13.0. The van der Waals surface area contributed by atoms with Crippen molar-refractivity contribution in [2.75, 3.05) is 6.54 Å². The van der Waals surface area contributed by atoms with Gasteiger partial charge in [0.2, 0.25) is 0 Å². The van der Waals surface area contributed by atoms with Crippen molar-refractivity contribution in [1.82, 2.24) is 5.32 Å². The zero-order valence-corrected chi connectivity index (χ0v) is 11.0. The summed E-state index contributed by atoms with van der Waals surface area (Å²) >= 11 is 0. The summed E-state index contributed by atoms with van der Waals surface area (Å²) in [6.07, 6.45) is 3.08. The van der Waals surface area contributed by atoms with Gasteiger partial charge in [-0.3, -0.25) is 0 Å². The van der Waals surface area contributed by atoms with Gasteiger partial charge in [-0.15, -0.1) is 0 Å². The van der Waals surface area contributed by atoms with E-state index in [9.17, 15) is 5.11 Å². The number of hydrogen-bond acceptors (Lipinski definition) is 3. The molecular formula is C15H23NO2. The second kappa shape index (κ2) is 6.32. The molecule has 0 aliphatic heterocycles. The first-order valence-electron chi connectivity index (χ1n) is 6.82. The minimum Gasteiger partial charge on any atom is -0.393 e. The van der Waals surface area contributed by atoms with E-state index >= 15 is 0 Å². The minimum atomic E-state index is -0.131. The van der Waals surface area contributed by atoms with E-state index < -0.39 is 0 Å². The Labute approximate surface area is 109 Å². The van der Waals surface area contributed by atoms with Gasteiger partial charge < -0.3 is 15.5 Å². The summed E-state index contributed by atoms with van der Waals surface area (Å²) in [7, 11) is 0. The highest BCUT2D eigenvalue weighted by Gasteiger charge is 2.25. The van der Waals surface area contributed by atoms with Crippen LogP contribution >= 0.6 is 0 Å². The molecule has 0 saturated heterocycles. The molecule has 0 aromatic heterocycles. The Bertz CT molecular complexity index is 381. The van der Waals surface area contributed by atoms with Crippen molar-refractivity contribution in [3.63, 3.8) is 0 Å². The molecule has 1 fully saturated rings. The van der Waals surface area contributed by atoms with E-state index in [1.54, 1.807) is 0 Å². The third-order valence-electron chi connectivity index (χ3n) is 3.94. The maximum Gasteiger partial charge on any atom is 0.0681 e. The quantitative estimate of drug-likeness (QED) is 0.748. The van der Waals surface area contributed by atoms with E-state index in [1.165, 1.54) is 5.56 Å². The lowest BCUT2D eigenvalue weighted by Gasteiger charge is -2.20. The molecule has 3 N–H and O–H groups in total. The molecule has 3 nitrogen and oxygen atoms in total. The molecule has 1 saturated carbocycles. The Kier molecular flexibility index (Phi) is 4.75. The van der Waals surface area contributed by atoms with Crippen molar-refractivity contribution in [2.45, 2.75) is 44.9 Å². The number of aliphatic hydroxyl groups is 2. The van der Waals surface area contributed by atoms with Gasteiger partial charge in [-0.05, 0) is 36.8 Å². The first-order valence-corrected chi connectivity index (χ1v) is 6.82. The summed E-state index contributed by atoms with van der Waals surface area (Å²) in [5.41, 5.74) is 2.14. The Morgan fingerprint density at radius 3 is 2.89 bits per heavy atom. The van der Waals surface area contributed by atoms with Crippen molar-refractivity contribution >= 4 is 0 Å². The molecule has 0 heterocycles. The largest absolute Gasteiger partial charge is 0.393 e. The summed E-state index contributed by atoms with van der Waals surface area (Å²) in [5, 5.41) is 22.4. The molecule has 1 aromatic rings. The molecule has 0 spiro atoms. The van der Waals surface area contributed by atoms with Gasteiger partial charge in [-0.1, -0.05) is 30.7 Å². The van der Waals surface area contributed by atoms with E-state index in [0.29, 0.717) is 5.92 Å². The normalized spacial score (nSPS) is 25.3. The van der Waals surface area contributed by atoms with Gasteiger partial charge in [0.05, 0.1) is 12.7 Å². The van der Waals surface area contributed by atoms with Crippen molar-refractivity contribution in [3.05, 3.63) is 35.4 Å². The topological polar surface area (TPSA) is 52.5 Å². The second-order valence-electron chi connectivity index (χ2n) is 5.29. The zero-order valence-electron chi connectivity index (χ0n) is 11.0. The lowest BCUT2D eigenvalue weighted by Crippen LogP contribution is -2.29. The fourth-order valence-corrected chi connectivity index (χ4v) is 2.66. The summed E-state index contributed by atoms with van der Waals surface area (Å²) in [6.45, 7) is 3.07. The van der Waals surface area contributed by atoms with Crippen LogP contribution in [0, 0.1) is 5.92 Å². The van der Waals surface area contributed by atoms with Crippen molar-refractivity contribution in [1.29, 1.82) is 0 Å². The number of aliphatic hydroxyl groups excluding tert-OH is 2. The van der Waals surface area contributed by atoms with Crippen molar-refractivity contribution < 1.29 is 10.2 Å². The molecule has 3 atom stereocenters. The Balaban J connectivity index is 1.88. The van der Waals surface area contributed by atoms with Crippen LogP contribution < -0.4 is 5.32 Å². The highest BCUT2D eigenvalue weighted by molar-refractivity contribution is 5.25. The van der Waals surface area contributed by atoms with Crippen LogP contribution in [-0.2, 0) is 6.61 Å². The summed E-state index contributed by atoms with van der Waals surface area (Å²) < 4.78 is 0. The number of hydrogen-bond donors (Lipinski definition) is 3. The van der Waals surface area contributed by atoms with Crippen LogP contribution in [0.4, 0.5) is 0 Å². The average Bonchev–Trinajstić information content (AvgIpc) is 2.81. The molecule has 3 unspecified atom stereocenters. The molecule has 1 aliphatic rings. The van der Waals surface area contributed by atoms with Gasteiger partial charge in [0.15, 0.2) is 0 Å². The average molecular weight is 249 g/mol. The standard InChI is InChI=1S/C15H23NO2/c1-11(13-5-2-4-12(8-13)10-17)16-9-14-6-3-7-15(14)18/h2,4-5,8,11,14-18H,3,6-7,9-10H2,1H3. The van der Waals surface area contributed by atoms with Gasteiger partial charge in [0.1, 0.15) is 0 Å². The smallest absolute Gasteiger partial charge is 0.0681 e. The van der Waals surface area contributed by atoms with Crippen molar-refractivity contribution in [3.8, 4) is 0 Å². The minimum absolute atomic E-state index is 0.0852. The summed E-state index contributed by atoms with van der Waals surface area (Å²) in [6, 6.07) is 8.26. The number of rotatable bonds is 5. The van der Waals surface area contributed by atoms with Crippen LogP contribution in [0.5, 0.6) is 0 Å². The van der Waals surface area contributed by atoms with E-state index in [4.69, 9.17) is 5.11 Å². The highest BCUT2D eigenvalue weighted by Crippen LogP contribution is 2.25. The monoisotopic (exact) mass is 249 g/mol. The molecule has 0 radical (unpaired) electrons. The van der Waals surface area contributed by atoms with Crippen LogP contribution in [0.15, 0.2) is 24.3 Å². The van der Waals surface area contributed by atoms with Crippen LogP contribution in [0.3, 0.4) is 0 Å². The molecule has 100 valence electrons. The van der Waals surface area contributed by atoms with Gasteiger partial charge >= 0.3 is 0 Å². The maximum atomic E-state index is 9.78. The van der Waals surface area contributed by atoms with Crippen LogP contribution in [-0.4, -0.2) is 22.9 Å². The SMILES string of the molecule is CC(NCC1CCCC1O)c1cccc(CO)c1. The lowest BCUT2D eigenvalue weighted by atomic mass is 10.0. The van der Waals surface area contributed by atoms with Gasteiger partial charge in [0, 0.05) is 12.6 Å². The maximum absolute atomic E-state index is 9.78. The van der Waals surface area contributed by atoms with Gasteiger partial charge in [-0.2, -0.15) is 0 Å². The van der Waals surface area contributed by atoms with Crippen molar-refractivity contribution in [2.24, 2.45) is 5.92 Å². The molecule has 0 amide bonds. The van der Waals surface area contributed by atoms with Crippen LogP contribution in [0.25, 0.3) is 0 Å². The molecule has 1 aliphatic carbocycles. The predicted octanol–water partition coefficient (Wildman–Crippen LogP) is 1.99. The van der Waals surface area contributed by atoms with E-state index in [1.807, 2.05) is 18.2 Å². The summed E-state index contributed by atoms with van der Waals surface area (Å²) in [4.78, 5) is 0. The molecule has 2 rings (SSSR count). The molecule has 3 heteroatoms. The Morgan fingerprint density at radius 2 is 2.22 bits per heavy atom. The van der Waals surface area contributed by atoms with E-state index in [2.05, 4.69) is 18.3 Å². The third-order valence-corrected chi connectivity index (χ3v) is 3.94. The van der Waals surface area contributed by atoms with Gasteiger partial charge in [-0.25, -0.2) is 0 Å². The second-order valence-corrected chi connectivity index (χ2v) is 5.29.